The molecule has 0 bridgehead atoms. The highest BCUT2D eigenvalue weighted by Gasteiger charge is 2.45. The molecular formula is C25H28N2O9. The van der Waals surface area contributed by atoms with Crippen LogP contribution in [0, 0.1) is 6.92 Å². The minimum Gasteiger partial charge on any atom is -0.492 e. The number of amides is 2. The van der Waals surface area contributed by atoms with Gasteiger partial charge in [-0.25, -0.2) is 4.79 Å². The molecule has 192 valence electrons. The normalized spacial score (nSPS) is 17.1. The molecule has 1 fully saturated rings. The van der Waals surface area contributed by atoms with E-state index in [9.17, 15) is 24.0 Å². The number of likely N-dealkylation sites (N-methyl/N-ethyl adjacent to an activating group) is 1. The van der Waals surface area contributed by atoms with Crippen molar-refractivity contribution in [1.82, 2.24) is 9.80 Å². The second-order valence-electron chi connectivity index (χ2n) is 8.37. The molecule has 0 aromatic heterocycles. The predicted molar refractivity (Wildman–Crippen MR) is 126 cm³/mol. The first-order chi connectivity index (χ1) is 16.9. The minimum absolute atomic E-state index is 0.00296. The summed E-state index contributed by atoms with van der Waals surface area (Å²) >= 11 is 0. The topological polar surface area (TPSA) is 129 Å². The molecule has 1 aromatic rings. The number of carbonyl (C=O) groups excluding carboxylic acids is 5. The molecule has 2 aliphatic rings. The van der Waals surface area contributed by atoms with Crippen molar-refractivity contribution in [2.45, 2.75) is 40.7 Å². The summed E-state index contributed by atoms with van der Waals surface area (Å²) in [6, 6.07) is -1.09. The van der Waals surface area contributed by atoms with Crippen molar-refractivity contribution < 1.29 is 42.9 Å². The Kier molecular flexibility index (Phi) is 7.51. The fourth-order valence-corrected chi connectivity index (χ4v) is 4.15. The lowest BCUT2D eigenvalue weighted by Gasteiger charge is -2.42. The van der Waals surface area contributed by atoms with Crippen LogP contribution >= 0.6 is 0 Å². The fraction of sp³-hybridized carbons (Fsp3) is 0.400. The van der Waals surface area contributed by atoms with Crippen LogP contribution in [-0.4, -0.2) is 66.8 Å². The Morgan fingerprint density at radius 1 is 1.06 bits per heavy atom. The fourth-order valence-electron chi connectivity index (χ4n) is 4.15. The van der Waals surface area contributed by atoms with Gasteiger partial charge in [0.15, 0.2) is 11.5 Å². The van der Waals surface area contributed by atoms with E-state index in [2.05, 4.69) is 0 Å². The lowest BCUT2D eigenvalue weighted by molar-refractivity contribution is -0.150. The number of esters is 3. The van der Waals surface area contributed by atoms with Gasteiger partial charge in [0.05, 0.1) is 7.11 Å². The van der Waals surface area contributed by atoms with Crippen LogP contribution in [0.1, 0.15) is 50.4 Å². The van der Waals surface area contributed by atoms with Crippen molar-refractivity contribution in [2.24, 2.45) is 0 Å². The number of methoxy groups -OCH3 is 1. The highest BCUT2D eigenvalue weighted by Crippen LogP contribution is 2.52. The second-order valence-corrected chi connectivity index (χ2v) is 8.37. The first-order valence-corrected chi connectivity index (χ1v) is 11.1. The van der Waals surface area contributed by atoms with Crippen LogP contribution < -0.4 is 14.2 Å². The molecule has 2 amide bonds. The van der Waals surface area contributed by atoms with Crippen molar-refractivity contribution in [3.05, 3.63) is 34.0 Å². The van der Waals surface area contributed by atoms with E-state index in [1.165, 1.54) is 43.9 Å². The Bertz CT molecular complexity index is 1230. The van der Waals surface area contributed by atoms with Gasteiger partial charge in [0, 0.05) is 43.2 Å². The van der Waals surface area contributed by atoms with Crippen LogP contribution in [0.3, 0.4) is 0 Å². The third-order valence-electron chi connectivity index (χ3n) is 5.88. The molecule has 0 aliphatic carbocycles. The van der Waals surface area contributed by atoms with Crippen LogP contribution in [0.2, 0.25) is 0 Å². The number of piperazine rings is 1. The molecule has 36 heavy (non-hydrogen) atoms. The number of benzene rings is 1. The first-order valence-electron chi connectivity index (χ1n) is 11.1. The number of rotatable bonds is 6. The van der Waals surface area contributed by atoms with Crippen molar-refractivity contribution in [3.8, 4) is 17.2 Å². The average molecular weight is 501 g/mol. The molecule has 0 radical (unpaired) electrons. The maximum Gasteiger partial charge on any atom is 0.333 e. The molecule has 0 N–H and O–H groups in total. The van der Waals surface area contributed by atoms with Crippen LogP contribution in [0.4, 0.5) is 0 Å². The summed E-state index contributed by atoms with van der Waals surface area (Å²) in [5.74, 6) is -2.73. The van der Waals surface area contributed by atoms with Gasteiger partial charge in [-0.3, -0.25) is 24.1 Å². The third-order valence-corrected chi connectivity index (χ3v) is 5.88. The van der Waals surface area contributed by atoms with Crippen molar-refractivity contribution in [2.75, 3.05) is 27.3 Å². The molecule has 2 aliphatic heterocycles. The van der Waals surface area contributed by atoms with E-state index >= 15 is 0 Å². The van der Waals surface area contributed by atoms with Gasteiger partial charge >= 0.3 is 17.9 Å². The molecular weight excluding hydrogens is 472 g/mol. The van der Waals surface area contributed by atoms with Gasteiger partial charge in [-0.15, -0.1) is 0 Å². The number of carbonyl (C=O) groups is 5. The summed E-state index contributed by atoms with van der Waals surface area (Å²) in [5, 5.41) is 0. The Balaban J connectivity index is 2.38. The summed E-state index contributed by atoms with van der Waals surface area (Å²) in [6.07, 6.45) is 2.97. The van der Waals surface area contributed by atoms with Crippen molar-refractivity contribution >= 4 is 35.8 Å². The lowest BCUT2D eigenvalue weighted by atomic mass is 9.88. The molecule has 0 spiro atoms. The van der Waals surface area contributed by atoms with E-state index in [0.29, 0.717) is 11.1 Å². The molecule has 2 heterocycles. The number of allylic oxidation sites excluding steroid dienone is 1. The molecule has 1 atom stereocenters. The summed E-state index contributed by atoms with van der Waals surface area (Å²) in [5.41, 5.74) is 1.09. The quantitative estimate of drug-likeness (QED) is 0.327. The zero-order valence-electron chi connectivity index (χ0n) is 21.2. The van der Waals surface area contributed by atoms with Gasteiger partial charge in [0.1, 0.15) is 30.6 Å². The lowest BCUT2D eigenvalue weighted by Crippen LogP contribution is -2.53. The van der Waals surface area contributed by atoms with E-state index in [1.54, 1.807) is 26.8 Å². The van der Waals surface area contributed by atoms with Crippen LogP contribution in [-0.2, 0) is 28.7 Å². The first kappa shape index (κ1) is 26.5. The maximum absolute atomic E-state index is 13.2. The highest BCUT2D eigenvalue weighted by molar-refractivity contribution is 6.07. The van der Waals surface area contributed by atoms with E-state index < -0.39 is 35.8 Å². The van der Waals surface area contributed by atoms with E-state index in [4.69, 9.17) is 18.9 Å². The number of hydrogen-bond donors (Lipinski definition) is 0. The van der Waals surface area contributed by atoms with E-state index in [-0.39, 0.29) is 47.2 Å². The van der Waals surface area contributed by atoms with E-state index in [1.807, 2.05) is 0 Å². The molecule has 1 saturated heterocycles. The average Bonchev–Trinajstić information content (AvgIpc) is 2.81. The van der Waals surface area contributed by atoms with Gasteiger partial charge in [-0.05, 0) is 26.8 Å². The van der Waals surface area contributed by atoms with Gasteiger partial charge in [0.25, 0.3) is 5.91 Å². The minimum atomic E-state index is -1.09. The van der Waals surface area contributed by atoms with Crippen LogP contribution in [0.25, 0.3) is 6.08 Å². The number of ether oxygens (including phenoxy) is 4. The van der Waals surface area contributed by atoms with Gasteiger partial charge < -0.3 is 23.8 Å². The predicted octanol–water partition coefficient (Wildman–Crippen LogP) is 2.06. The number of nitrogens with zero attached hydrogens (tertiary/aromatic N) is 2. The summed E-state index contributed by atoms with van der Waals surface area (Å²) in [7, 11) is 2.83. The van der Waals surface area contributed by atoms with Crippen LogP contribution in [0.15, 0.2) is 17.3 Å². The highest BCUT2D eigenvalue weighted by atomic mass is 16.6. The molecule has 1 aromatic carbocycles. The van der Waals surface area contributed by atoms with Crippen molar-refractivity contribution in [1.29, 1.82) is 0 Å². The molecule has 11 heteroatoms. The summed E-state index contributed by atoms with van der Waals surface area (Å²) in [6.45, 7) is 6.66. The molecule has 11 nitrogen and oxygen atoms in total. The Labute approximate surface area is 208 Å². The second kappa shape index (κ2) is 10.2. The van der Waals surface area contributed by atoms with E-state index in [0.717, 1.165) is 0 Å². The van der Waals surface area contributed by atoms with Gasteiger partial charge in [0.2, 0.25) is 5.91 Å². The van der Waals surface area contributed by atoms with Crippen molar-refractivity contribution in [3.63, 3.8) is 0 Å². The zero-order valence-corrected chi connectivity index (χ0v) is 21.2. The smallest absolute Gasteiger partial charge is 0.333 e. The van der Waals surface area contributed by atoms with Gasteiger partial charge in [-0.2, -0.15) is 0 Å². The third kappa shape index (κ3) is 4.68. The summed E-state index contributed by atoms with van der Waals surface area (Å²) < 4.78 is 22.0. The molecule has 1 unspecified atom stereocenters. The molecule has 0 saturated carbocycles. The van der Waals surface area contributed by atoms with Crippen LogP contribution in [0.5, 0.6) is 17.2 Å². The molecule has 3 rings (SSSR count). The van der Waals surface area contributed by atoms with Gasteiger partial charge in [-0.1, -0.05) is 6.08 Å². The largest absolute Gasteiger partial charge is 0.492 e. The Morgan fingerprint density at radius 2 is 1.67 bits per heavy atom. The maximum atomic E-state index is 13.2. The Morgan fingerprint density at radius 3 is 2.22 bits per heavy atom. The number of hydrogen-bond acceptors (Lipinski definition) is 9. The zero-order chi connectivity index (χ0) is 26.9. The number of fused-ring (bicyclic) bond motifs is 2. The monoisotopic (exact) mass is 500 g/mol. The summed E-state index contributed by atoms with van der Waals surface area (Å²) in [4.78, 5) is 65.2. The Hall–Kier alpha value is -4.15. The SMILES string of the molecule is C/C=C(/C)C(=O)OCC1c2c(c(OC(C)=O)c(C)c(OC)c2OC(C)=O)C=C2C(=O)N(C)CC(=O)N21. The standard InChI is InChI=1S/C25H28N2O9/c1-8-12(2)25(32)34-11-18-20-16(9-17-24(31)26(6)10-19(30)27(17)18)21(35-14(4)28)13(3)22(33-7)23(20)36-15(5)29/h8-9,18H,10-11H2,1-7H3/b12-8-.